The Morgan fingerprint density at radius 1 is 0.600 bits per heavy atom. The van der Waals surface area contributed by atoms with Crippen LogP contribution in [0.4, 0.5) is 0 Å². The Hall–Kier alpha value is -5.87. The highest BCUT2D eigenvalue weighted by Gasteiger charge is 2.45. The molecular weight excluding hydrogens is 655 g/mol. The van der Waals surface area contributed by atoms with Crippen LogP contribution in [-0.4, -0.2) is 55.1 Å². The Kier molecular flexibility index (Phi) is 10.0. The van der Waals surface area contributed by atoms with Crippen LogP contribution in [0.2, 0.25) is 0 Å². The van der Waals surface area contributed by atoms with Crippen LogP contribution < -0.4 is 0 Å². The molecule has 9 nitrogen and oxygen atoms in total. The Labute approximate surface area is 290 Å². The Balaban J connectivity index is 1.29. The van der Waals surface area contributed by atoms with E-state index < -0.39 is 57.6 Å². The third-order valence-electron chi connectivity index (χ3n) is 8.37. The largest absolute Gasteiger partial charge is 0.451 e. The minimum atomic E-state index is -3.61. The minimum Gasteiger partial charge on any atom is -0.451 e. The van der Waals surface area contributed by atoms with Crippen molar-refractivity contribution in [2.24, 2.45) is 0 Å². The fourth-order valence-corrected chi connectivity index (χ4v) is 6.54. The van der Waals surface area contributed by atoms with Crippen molar-refractivity contribution in [1.29, 1.82) is 0 Å². The highest BCUT2D eigenvalue weighted by atomic mass is 32.2. The van der Waals surface area contributed by atoms with Crippen molar-refractivity contribution in [1.82, 2.24) is 4.90 Å². The number of carbonyl (C=O) groups excluding carboxylic acids is 4. The SMILES string of the molecule is CS(=O)(=O)CC[C@@H](C(=O)OC(c1ccccc1)c1ccccc1)N1C(=O)c2ccc(C(=O)OC(c3ccccc3)c3ccccc3)cc2C1=O. The van der Waals surface area contributed by atoms with Crippen molar-refractivity contribution in [3.63, 3.8) is 0 Å². The van der Waals surface area contributed by atoms with Crippen molar-refractivity contribution in [3.8, 4) is 0 Å². The quantitative estimate of drug-likeness (QED) is 0.110. The Morgan fingerprint density at radius 2 is 1.02 bits per heavy atom. The Bertz CT molecular complexity index is 2040. The number of nitrogens with zero attached hydrogens (tertiary/aromatic N) is 1. The zero-order valence-electron chi connectivity index (χ0n) is 27.0. The topological polar surface area (TPSA) is 124 Å². The number of imide groups is 1. The van der Waals surface area contributed by atoms with E-state index in [1.807, 2.05) is 72.8 Å². The normalized spacial score (nSPS) is 13.3. The lowest BCUT2D eigenvalue weighted by Crippen LogP contribution is -2.46. The van der Waals surface area contributed by atoms with Gasteiger partial charge in [0.2, 0.25) is 0 Å². The minimum absolute atomic E-state index is 0.0205. The van der Waals surface area contributed by atoms with Crippen molar-refractivity contribution < 1.29 is 37.1 Å². The average molecular weight is 688 g/mol. The highest BCUT2D eigenvalue weighted by Crippen LogP contribution is 2.32. The number of benzene rings is 5. The van der Waals surface area contributed by atoms with E-state index >= 15 is 0 Å². The molecule has 0 saturated carbocycles. The van der Waals surface area contributed by atoms with Crippen LogP contribution in [0.25, 0.3) is 0 Å². The number of fused-ring (bicyclic) bond motifs is 1. The van der Waals surface area contributed by atoms with E-state index in [4.69, 9.17) is 9.47 Å². The number of esters is 2. The van der Waals surface area contributed by atoms with Crippen LogP contribution in [-0.2, 0) is 24.1 Å². The number of amides is 2. The standard InChI is InChI=1S/C40H33NO8S/c1-50(46,47)25-24-34(40(45)49-36(29-18-10-4-11-19-29)30-20-12-5-13-21-30)41-37(42)32-23-22-31(26-33(32)38(41)43)39(44)48-35(27-14-6-2-7-15-27)28-16-8-3-9-17-28/h2-23,26,34-36H,24-25H2,1H3/t34-/m0/s1. The first-order valence-electron chi connectivity index (χ1n) is 15.9. The predicted octanol–water partition coefficient (Wildman–Crippen LogP) is 6.37. The van der Waals surface area contributed by atoms with Gasteiger partial charge in [-0.25, -0.2) is 18.0 Å². The van der Waals surface area contributed by atoms with E-state index in [1.165, 1.54) is 18.2 Å². The first kappa shape index (κ1) is 34.0. The molecule has 0 unspecified atom stereocenters. The molecular formula is C40H33NO8S. The molecule has 50 heavy (non-hydrogen) atoms. The van der Waals surface area contributed by atoms with Gasteiger partial charge in [-0.05, 0) is 46.9 Å². The van der Waals surface area contributed by atoms with Gasteiger partial charge in [-0.1, -0.05) is 121 Å². The van der Waals surface area contributed by atoms with Crippen LogP contribution in [0.3, 0.4) is 0 Å². The molecule has 1 atom stereocenters. The third kappa shape index (κ3) is 7.55. The molecule has 2 amide bonds. The summed E-state index contributed by atoms with van der Waals surface area (Å²) in [4.78, 5) is 56.0. The second-order valence-corrected chi connectivity index (χ2v) is 14.2. The summed E-state index contributed by atoms with van der Waals surface area (Å²) in [6.45, 7) is 0. The van der Waals surface area contributed by atoms with Gasteiger partial charge in [0.25, 0.3) is 11.8 Å². The maximum Gasteiger partial charge on any atom is 0.339 e. The summed E-state index contributed by atoms with van der Waals surface area (Å²) in [5.74, 6) is -3.82. The molecule has 1 heterocycles. The fourth-order valence-electron chi connectivity index (χ4n) is 5.89. The zero-order valence-corrected chi connectivity index (χ0v) is 27.9. The van der Waals surface area contributed by atoms with E-state index in [1.54, 1.807) is 48.5 Å². The van der Waals surface area contributed by atoms with Crippen molar-refractivity contribution in [2.75, 3.05) is 12.0 Å². The average Bonchev–Trinajstić information content (AvgIpc) is 3.38. The zero-order chi connectivity index (χ0) is 35.3. The lowest BCUT2D eigenvalue weighted by Gasteiger charge is -2.27. The molecule has 10 heteroatoms. The summed E-state index contributed by atoms with van der Waals surface area (Å²) in [5, 5.41) is 0. The van der Waals surface area contributed by atoms with Gasteiger partial charge >= 0.3 is 11.9 Å². The van der Waals surface area contributed by atoms with Crippen LogP contribution in [0.5, 0.6) is 0 Å². The predicted molar refractivity (Wildman–Crippen MR) is 186 cm³/mol. The molecule has 1 aliphatic rings. The lowest BCUT2D eigenvalue weighted by atomic mass is 10.0. The number of carbonyl (C=O) groups is 4. The van der Waals surface area contributed by atoms with Gasteiger partial charge in [0, 0.05) is 6.26 Å². The molecule has 5 aromatic rings. The van der Waals surface area contributed by atoms with E-state index in [2.05, 4.69) is 0 Å². The summed E-state index contributed by atoms with van der Waals surface area (Å²) in [6, 6.07) is 38.7. The summed E-state index contributed by atoms with van der Waals surface area (Å²) >= 11 is 0. The van der Waals surface area contributed by atoms with Crippen molar-refractivity contribution in [2.45, 2.75) is 24.7 Å². The number of ether oxygens (including phenoxy) is 2. The molecule has 6 rings (SSSR count). The van der Waals surface area contributed by atoms with Crippen molar-refractivity contribution in [3.05, 3.63) is 178 Å². The first-order chi connectivity index (χ1) is 24.1. The fraction of sp³-hybridized carbons (Fsp3) is 0.150. The van der Waals surface area contributed by atoms with Gasteiger partial charge in [0.05, 0.1) is 22.4 Å². The molecule has 0 fully saturated rings. The van der Waals surface area contributed by atoms with E-state index in [9.17, 15) is 27.6 Å². The molecule has 0 aliphatic carbocycles. The molecule has 5 aromatic carbocycles. The molecule has 0 spiro atoms. The van der Waals surface area contributed by atoms with Gasteiger partial charge in [0.15, 0.2) is 12.2 Å². The van der Waals surface area contributed by atoms with E-state index in [-0.39, 0.29) is 23.1 Å². The lowest BCUT2D eigenvalue weighted by molar-refractivity contribution is -0.152. The summed E-state index contributed by atoms with van der Waals surface area (Å²) in [5.41, 5.74) is 2.64. The number of hydrogen-bond acceptors (Lipinski definition) is 8. The first-order valence-corrected chi connectivity index (χ1v) is 18.0. The van der Waals surface area contributed by atoms with E-state index in [0.29, 0.717) is 11.1 Å². The van der Waals surface area contributed by atoms with Crippen LogP contribution in [0.1, 0.15) is 72.0 Å². The van der Waals surface area contributed by atoms with Gasteiger partial charge in [-0.2, -0.15) is 0 Å². The van der Waals surface area contributed by atoms with Gasteiger partial charge in [-0.3, -0.25) is 14.5 Å². The number of hydrogen-bond donors (Lipinski definition) is 0. The third-order valence-corrected chi connectivity index (χ3v) is 9.34. The number of rotatable bonds is 12. The van der Waals surface area contributed by atoms with Crippen LogP contribution in [0.15, 0.2) is 140 Å². The van der Waals surface area contributed by atoms with Crippen LogP contribution >= 0.6 is 0 Å². The summed E-state index contributed by atoms with van der Waals surface area (Å²) < 4.78 is 36.4. The van der Waals surface area contributed by atoms with Gasteiger partial charge in [-0.15, -0.1) is 0 Å². The second kappa shape index (κ2) is 14.7. The smallest absolute Gasteiger partial charge is 0.339 e. The molecule has 0 aromatic heterocycles. The molecule has 1 aliphatic heterocycles. The molecule has 252 valence electrons. The second-order valence-electron chi connectivity index (χ2n) is 11.9. The van der Waals surface area contributed by atoms with Crippen molar-refractivity contribution >= 4 is 33.6 Å². The van der Waals surface area contributed by atoms with Gasteiger partial charge in [0.1, 0.15) is 15.9 Å². The molecule has 0 N–H and O–H groups in total. The Morgan fingerprint density at radius 3 is 1.46 bits per heavy atom. The maximum atomic E-state index is 14.0. The van der Waals surface area contributed by atoms with Crippen LogP contribution in [0, 0.1) is 0 Å². The monoisotopic (exact) mass is 687 g/mol. The van der Waals surface area contributed by atoms with Gasteiger partial charge < -0.3 is 9.47 Å². The van der Waals surface area contributed by atoms with E-state index in [0.717, 1.165) is 22.3 Å². The highest BCUT2D eigenvalue weighted by molar-refractivity contribution is 7.90. The summed E-state index contributed by atoms with van der Waals surface area (Å²) in [7, 11) is -3.61. The molecule has 0 bridgehead atoms. The summed E-state index contributed by atoms with van der Waals surface area (Å²) in [6.07, 6.45) is -1.02. The maximum absolute atomic E-state index is 14.0. The number of sulfone groups is 1. The molecule has 0 saturated heterocycles. The molecule has 0 radical (unpaired) electrons.